The second kappa shape index (κ2) is 8.20. The molecule has 4 rings (SSSR count). The number of hydrogen-bond donors (Lipinski definition) is 1. The molecule has 7 heteroatoms. The van der Waals surface area contributed by atoms with Crippen molar-refractivity contribution in [3.05, 3.63) is 24.5 Å². The van der Waals surface area contributed by atoms with Gasteiger partial charge in [-0.15, -0.1) is 10.2 Å². The largest absolute Gasteiger partial charge is 0.355 e. The van der Waals surface area contributed by atoms with Crippen molar-refractivity contribution in [2.24, 2.45) is 5.92 Å². The topological polar surface area (TPSA) is 72.7 Å². The van der Waals surface area contributed by atoms with Crippen LogP contribution in [0.4, 0.5) is 0 Å². The molecular formula is C19H25N5OS. The number of aromatic nitrogens is 4. The second-order valence-corrected chi connectivity index (χ2v) is 8.18. The van der Waals surface area contributed by atoms with E-state index >= 15 is 0 Å². The molecule has 1 amide bonds. The maximum absolute atomic E-state index is 12.2. The van der Waals surface area contributed by atoms with E-state index in [1.165, 1.54) is 43.9 Å². The summed E-state index contributed by atoms with van der Waals surface area (Å²) < 4.78 is 2.19. The van der Waals surface area contributed by atoms with Crippen molar-refractivity contribution in [3.63, 3.8) is 0 Å². The number of carbonyl (C=O) groups is 1. The molecule has 2 aromatic rings. The summed E-state index contributed by atoms with van der Waals surface area (Å²) in [5.74, 6) is 2.02. The first-order valence-electron chi connectivity index (χ1n) is 9.56. The summed E-state index contributed by atoms with van der Waals surface area (Å²) in [6.45, 7) is 0.816. The van der Waals surface area contributed by atoms with Crippen molar-refractivity contribution >= 4 is 17.7 Å². The number of amides is 1. The van der Waals surface area contributed by atoms with Gasteiger partial charge in [0.25, 0.3) is 0 Å². The SMILES string of the molecule is O=C(CSc1nnc(-c2ccncc2)n1C1CC1)NCC1CCCCC1. The Morgan fingerprint density at radius 3 is 2.62 bits per heavy atom. The average molecular weight is 372 g/mol. The smallest absolute Gasteiger partial charge is 0.230 e. The van der Waals surface area contributed by atoms with Crippen LogP contribution in [0.25, 0.3) is 11.4 Å². The molecule has 26 heavy (non-hydrogen) atoms. The molecule has 0 bridgehead atoms. The second-order valence-electron chi connectivity index (χ2n) is 7.24. The number of nitrogens with zero attached hydrogens (tertiary/aromatic N) is 4. The van der Waals surface area contributed by atoms with E-state index in [-0.39, 0.29) is 5.91 Å². The Hall–Kier alpha value is -1.89. The van der Waals surface area contributed by atoms with Crippen molar-refractivity contribution in [2.75, 3.05) is 12.3 Å². The van der Waals surface area contributed by atoms with Gasteiger partial charge < -0.3 is 5.32 Å². The minimum atomic E-state index is 0.0939. The standard InChI is InChI=1S/C19H25N5OS/c25-17(21-12-14-4-2-1-3-5-14)13-26-19-23-22-18(24(19)16-6-7-16)15-8-10-20-11-9-15/h8-11,14,16H,1-7,12-13H2,(H,21,25). The van der Waals surface area contributed by atoms with Crippen molar-refractivity contribution in [1.29, 1.82) is 0 Å². The van der Waals surface area contributed by atoms with Crippen LogP contribution in [0.15, 0.2) is 29.7 Å². The van der Waals surface area contributed by atoms with E-state index in [0.29, 0.717) is 17.7 Å². The third-order valence-corrected chi connectivity index (χ3v) is 6.10. The number of carbonyl (C=O) groups excluding carboxylic acids is 1. The van der Waals surface area contributed by atoms with Crippen molar-refractivity contribution < 1.29 is 4.79 Å². The lowest BCUT2D eigenvalue weighted by molar-refractivity contribution is -0.118. The molecule has 0 saturated heterocycles. The normalized spacial score (nSPS) is 18.0. The number of thioether (sulfide) groups is 1. The molecule has 2 aromatic heterocycles. The van der Waals surface area contributed by atoms with Gasteiger partial charge in [-0.2, -0.15) is 0 Å². The lowest BCUT2D eigenvalue weighted by atomic mass is 9.89. The van der Waals surface area contributed by atoms with Crippen LogP contribution in [0.2, 0.25) is 0 Å². The number of pyridine rings is 1. The van der Waals surface area contributed by atoms with Gasteiger partial charge in [0.05, 0.1) is 5.75 Å². The Balaban J connectivity index is 1.36. The minimum Gasteiger partial charge on any atom is -0.355 e. The summed E-state index contributed by atoms with van der Waals surface area (Å²) in [6.07, 6.45) is 12.3. The quantitative estimate of drug-likeness (QED) is 0.755. The summed E-state index contributed by atoms with van der Waals surface area (Å²) in [4.78, 5) is 16.3. The average Bonchev–Trinajstić information content (AvgIpc) is 3.45. The van der Waals surface area contributed by atoms with Crippen molar-refractivity contribution in [1.82, 2.24) is 25.1 Å². The van der Waals surface area contributed by atoms with Gasteiger partial charge in [-0.05, 0) is 43.7 Å². The molecule has 0 atom stereocenters. The highest BCUT2D eigenvalue weighted by Crippen LogP contribution is 2.40. The summed E-state index contributed by atoms with van der Waals surface area (Å²) in [5, 5.41) is 12.7. The summed E-state index contributed by atoms with van der Waals surface area (Å²) in [5.41, 5.74) is 1.02. The van der Waals surface area contributed by atoms with Gasteiger partial charge in [0.1, 0.15) is 0 Å². The van der Waals surface area contributed by atoms with Crippen LogP contribution >= 0.6 is 11.8 Å². The molecule has 0 spiro atoms. The third-order valence-electron chi connectivity index (χ3n) is 5.16. The molecule has 2 fully saturated rings. The first-order chi connectivity index (χ1) is 12.8. The Bertz CT molecular complexity index is 738. The zero-order valence-electron chi connectivity index (χ0n) is 14.9. The van der Waals surface area contributed by atoms with Crippen LogP contribution in [0.3, 0.4) is 0 Å². The van der Waals surface area contributed by atoms with Gasteiger partial charge in [0, 0.05) is 30.5 Å². The van der Waals surface area contributed by atoms with E-state index in [0.717, 1.165) is 35.9 Å². The number of rotatable bonds is 7. The van der Waals surface area contributed by atoms with Crippen molar-refractivity contribution in [3.8, 4) is 11.4 Å². The van der Waals surface area contributed by atoms with E-state index in [2.05, 4.69) is 25.1 Å². The van der Waals surface area contributed by atoms with Gasteiger partial charge >= 0.3 is 0 Å². The summed E-state index contributed by atoms with van der Waals surface area (Å²) in [7, 11) is 0. The van der Waals surface area contributed by atoms with Crippen LogP contribution in [-0.2, 0) is 4.79 Å². The number of nitrogens with one attached hydrogen (secondary N) is 1. The Kier molecular flexibility index (Phi) is 5.53. The van der Waals surface area contributed by atoms with E-state index in [4.69, 9.17) is 0 Å². The molecule has 2 aliphatic rings. The zero-order chi connectivity index (χ0) is 17.8. The van der Waals surface area contributed by atoms with Gasteiger partial charge in [0.2, 0.25) is 5.91 Å². The molecule has 0 aromatic carbocycles. The highest BCUT2D eigenvalue weighted by molar-refractivity contribution is 7.99. The fraction of sp³-hybridized carbons (Fsp3) is 0.579. The highest BCUT2D eigenvalue weighted by Gasteiger charge is 2.30. The first kappa shape index (κ1) is 17.5. The van der Waals surface area contributed by atoms with Crippen LogP contribution < -0.4 is 5.32 Å². The monoisotopic (exact) mass is 371 g/mol. The fourth-order valence-corrected chi connectivity index (χ4v) is 4.40. The third kappa shape index (κ3) is 4.26. The molecule has 138 valence electrons. The van der Waals surface area contributed by atoms with Crippen LogP contribution in [0.1, 0.15) is 51.0 Å². The van der Waals surface area contributed by atoms with E-state index in [1.807, 2.05) is 12.1 Å². The van der Waals surface area contributed by atoms with Crippen LogP contribution in [0, 0.1) is 5.92 Å². The molecule has 1 N–H and O–H groups in total. The van der Waals surface area contributed by atoms with Gasteiger partial charge in [-0.1, -0.05) is 31.0 Å². The van der Waals surface area contributed by atoms with Gasteiger partial charge in [0.15, 0.2) is 11.0 Å². The first-order valence-corrected chi connectivity index (χ1v) is 10.5. The molecule has 2 saturated carbocycles. The maximum atomic E-state index is 12.2. The number of hydrogen-bond acceptors (Lipinski definition) is 5. The van der Waals surface area contributed by atoms with E-state index in [1.54, 1.807) is 12.4 Å². The molecule has 0 radical (unpaired) electrons. The van der Waals surface area contributed by atoms with E-state index < -0.39 is 0 Å². The van der Waals surface area contributed by atoms with Crippen molar-refractivity contribution in [2.45, 2.75) is 56.1 Å². The lowest BCUT2D eigenvalue weighted by Gasteiger charge is -2.21. The molecule has 2 heterocycles. The molecule has 2 aliphatic carbocycles. The molecular weight excluding hydrogens is 346 g/mol. The lowest BCUT2D eigenvalue weighted by Crippen LogP contribution is -2.31. The van der Waals surface area contributed by atoms with Gasteiger partial charge in [-0.3, -0.25) is 14.3 Å². The van der Waals surface area contributed by atoms with Gasteiger partial charge in [-0.25, -0.2) is 0 Å². The Morgan fingerprint density at radius 1 is 1.12 bits per heavy atom. The van der Waals surface area contributed by atoms with E-state index in [9.17, 15) is 4.79 Å². The molecule has 0 unspecified atom stereocenters. The molecule has 0 aliphatic heterocycles. The summed E-state index contributed by atoms with van der Waals surface area (Å²) >= 11 is 1.49. The predicted molar refractivity (Wildman–Crippen MR) is 102 cm³/mol. The Morgan fingerprint density at radius 2 is 1.88 bits per heavy atom. The fourth-order valence-electron chi connectivity index (χ4n) is 3.57. The molecule has 6 nitrogen and oxygen atoms in total. The minimum absolute atomic E-state index is 0.0939. The predicted octanol–water partition coefficient (Wildman–Crippen LogP) is 3.46. The Labute approximate surface area is 158 Å². The van der Waals surface area contributed by atoms with Crippen LogP contribution in [0.5, 0.6) is 0 Å². The van der Waals surface area contributed by atoms with Crippen LogP contribution in [-0.4, -0.2) is 38.0 Å². The highest BCUT2D eigenvalue weighted by atomic mass is 32.2. The zero-order valence-corrected chi connectivity index (χ0v) is 15.7. The summed E-state index contributed by atoms with van der Waals surface area (Å²) in [6, 6.07) is 4.36. The maximum Gasteiger partial charge on any atom is 0.230 e.